The summed E-state index contributed by atoms with van der Waals surface area (Å²) in [7, 11) is 0. The molecule has 4 nitrogen and oxygen atoms in total. The summed E-state index contributed by atoms with van der Waals surface area (Å²) < 4.78 is 0. The van der Waals surface area contributed by atoms with E-state index >= 15 is 0 Å². The lowest BCUT2D eigenvalue weighted by Gasteiger charge is -2.59. The van der Waals surface area contributed by atoms with Gasteiger partial charge in [-0.3, -0.25) is 9.78 Å². The van der Waals surface area contributed by atoms with Crippen LogP contribution in [0.15, 0.2) is 60.4 Å². The molecule has 0 unspecified atom stereocenters. The van der Waals surface area contributed by atoms with Crippen molar-refractivity contribution in [2.24, 2.45) is 35.0 Å². The smallest absolute Gasteiger partial charge is 0.155 e. The number of ketones is 1. The van der Waals surface area contributed by atoms with Gasteiger partial charge < -0.3 is 10.2 Å². The maximum atomic E-state index is 12.4. The molecule has 37 heavy (non-hydrogen) atoms. The Morgan fingerprint density at radius 2 is 1.92 bits per heavy atom. The number of carbonyl (C=O) groups excluding carboxylic acids is 1. The Hall–Kier alpha value is -2.74. The Morgan fingerprint density at radius 1 is 1.11 bits per heavy atom. The largest absolute Gasteiger partial charge is 0.384 e. The Bertz CT molecular complexity index is 1270. The van der Waals surface area contributed by atoms with Crippen molar-refractivity contribution in [2.75, 3.05) is 6.61 Å². The van der Waals surface area contributed by atoms with E-state index in [9.17, 15) is 15.0 Å². The molecule has 3 fully saturated rings. The number of hydrogen-bond donors (Lipinski definition) is 2. The molecule has 1 aromatic heterocycles. The van der Waals surface area contributed by atoms with Gasteiger partial charge in [-0.2, -0.15) is 0 Å². The van der Waals surface area contributed by atoms with Gasteiger partial charge in [-0.05, 0) is 96.4 Å². The quantitative estimate of drug-likeness (QED) is 0.536. The van der Waals surface area contributed by atoms with E-state index in [4.69, 9.17) is 0 Å². The number of benzene rings is 1. The molecule has 8 atom stereocenters. The Kier molecular flexibility index (Phi) is 6.13. The van der Waals surface area contributed by atoms with E-state index in [-0.39, 0.29) is 23.7 Å². The van der Waals surface area contributed by atoms with Crippen molar-refractivity contribution in [3.8, 4) is 23.0 Å². The third kappa shape index (κ3) is 3.90. The molecule has 0 spiro atoms. The molecule has 0 bridgehead atoms. The highest BCUT2D eigenvalue weighted by molar-refractivity contribution is 5.91. The van der Waals surface area contributed by atoms with Crippen LogP contribution in [0.3, 0.4) is 0 Å². The third-order valence-electron chi connectivity index (χ3n) is 10.5. The normalized spacial score (nSPS) is 38.5. The van der Waals surface area contributed by atoms with E-state index in [2.05, 4.69) is 61.0 Å². The molecule has 6 rings (SSSR count). The number of hydrogen-bond acceptors (Lipinski definition) is 4. The van der Waals surface area contributed by atoms with Crippen LogP contribution in [0.5, 0.6) is 0 Å². The van der Waals surface area contributed by atoms with Crippen LogP contribution in [-0.4, -0.2) is 33.2 Å². The molecule has 0 radical (unpaired) electrons. The molecule has 4 aliphatic carbocycles. The van der Waals surface area contributed by atoms with Gasteiger partial charge in [0.05, 0.1) is 0 Å². The molecule has 4 aliphatic rings. The Labute approximate surface area is 220 Å². The van der Waals surface area contributed by atoms with Crippen molar-refractivity contribution in [1.29, 1.82) is 0 Å². The molecule has 0 aliphatic heterocycles. The van der Waals surface area contributed by atoms with Crippen LogP contribution < -0.4 is 0 Å². The zero-order chi connectivity index (χ0) is 25.8. The minimum absolute atomic E-state index is 0.227. The average Bonchev–Trinajstić information content (AvgIpc) is 3.18. The van der Waals surface area contributed by atoms with Gasteiger partial charge >= 0.3 is 0 Å². The van der Waals surface area contributed by atoms with Crippen LogP contribution in [0.25, 0.3) is 11.1 Å². The summed E-state index contributed by atoms with van der Waals surface area (Å²) in [6.07, 6.45) is 10.8. The molecule has 2 N–H and O–H groups in total. The number of fused-ring (bicyclic) bond motifs is 5. The number of nitrogens with zero attached hydrogens (tertiary/aromatic N) is 1. The predicted molar refractivity (Wildman–Crippen MR) is 144 cm³/mol. The fourth-order valence-corrected chi connectivity index (χ4v) is 8.83. The zero-order valence-electron chi connectivity index (χ0n) is 21.9. The number of aliphatic hydroxyl groups is 2. The van der Waals surface area contributed by atoms with E-state index in [1.165, 1.54) is 11.1 Å². The molecule has 1 aromatic carbocycles. The lowest BCUT2D eigenvalue weighted by molar-refractivity contribution is -0.118. The highest BCUT2D eigenvalue weighted by Crippen LogP contribution is 2.68. The molecule has 1 heterocycles. The number of aromatic nitrogens is 1. The lowest BCUT2D eigenvalue weighted by atomic mass is 9.45. The van der Waals surface area contributed by atoms with Gasteiger partial charge in [0.25, 0.3) is 0 Å². The second-order valence-electron chi connectivity index (χ2n) is 12.2. The van der Waals surface area contributed by atoms with Gasteiger partial charge in [0.2, 0.25) is 0 Å². The molecular weight excluding hydrogens is 458 g/mol. The van der Waals surface area contributed by atoms with Gasteiger partial charge in [0, 0.05) is 24.2 Å². The second kappa shape index (κ2) is 9.22. The van der Waals surface area contributed by atoms with E-state index < -0.39 is 5.60 Å². The first-order valence-electron chi connectivity index (χ1n) is 13.9. The van der Waals surface area contributed by atoms with Crippen LogP contribution >= 0.6 is 0 Å². The van der Waals surface area contributed by atoms with Crippen molar-refractivity contribution in [1.82, 2.24) is 4.98 Å². The Morgan fingerprint density at radius 3 is 2.65 bits per heavy atom. The van der Waals surface area contributed by atoms with Crippen LogP contribution in [0, 0.1) is 46.8 Å². The predicted octanol–water partition coefficient (Wildman–Crippen LogP) is 5.56. The zero-order valence-corrected chi connectivity index (χ0v) is 21.9. The highest BCUT2D eigenvalue weighted by Gasteiger charge is 2.65. The van der Waals surface area contributed by atoms with Crippen molar-refractivity contribution in [3.05, 3.63) is 66.0 Å². The summed E-state index contributed by atoms with van der Waals surface area (Å²) in [5.74, 6) is 8.64. The van der Waals surface area contributed by atoms with Crippen LogP contribution in [0.1, 0.15) is 63.9 Å². The maximum Gasteiger partial charge on any atom is 0.155 e. The molecule has 0 saturated heterocycles. The van der Waals surface area contributed by atoms with Crippen molar-refractivity contribution >= 4 is 5.78 Å². The summed E-state index contributed by atoms with van der Waals surface area (Å²) in [6, 6.07) is 13.0. The maximum absolute atomic E-state index is 12.4. The summed E-state index contributed by atoms with van der Waals surface area (Å²) in [5.41, 5.74) is 3.52. The fraction of sp³-hybridized carbons (Fsp3) is 0.515. The summed E-state index contributed by atoms with van der Waals surface area (Å²) >= 11 is 0. The molecule has 2 aromatic rings. The van der Waals surface area contributed by atoms with Gasteiger partial charge in [-0.25, -0.2) is 0 Å². The molecule has 3 saturated carbocycles. The Balaban J connectivity index is 1.44. The minimum Gasteiger partial charge on any atom is -0.384 e. The fourth-order valence-electron chi connectivity index (χ4n) is 8.83. The van der Waals surface area contributed by atoms with Crippen LogP contribution in [-0.2, 0) is 4.79 Å². The van der Waals surface area contributed by atoms with Gasteiger partial charge in [0.15, 0.2) is 5.78 Å². The lowest BCUT2D eigenvalue weighted by Crippen LogP contribution is -2.55. The monoisotopic (exact) mass is 495 g/mol. The number of rotatable bonds is 2. The molecular formula is C33H37NO3. The van der Waals surface area contributed by atoms with E-state index in [1.54, 1.807) is 6.20 Å². The highest BCUT2D eigenvalue weighted by atomic mass is 16.3. The first-order chi connectivity index (χ1) is 17.8. The van der Waals surface area contributed by atoms with Crippen LogP contribution in [0.4, 0.5) is 0 Å². The number of pyridine rings is 1. The van der Waals surface area contributed by atoms with Crippen molar-refractivity contribution in [3.63, 3.8) is 0 Å². The first-order valence-corrected chi connectivity index (χ1v) is 13.9. The van der Waals surface area contributed by atoms with Crippen molar-refractivity contribution in [2.45, 2.75) is 63.9 Å². The summed E-state index contributed by atoms with van der Waals surface area (Å²) in [5, 5.41) is 21.3. The van der Waals surface area contributed by atoms with Gasteiger partial charge in [-0.15, -0.1) is 0 Å². The van der Waals surface area contributed by atoms with Gasteiger partial charge in [0.1, 0.15) is 12.2 Å². The van der Waals surface area contributed by atoms with E-state index in [1.807, 2.05) is 18.3 Å². The summed E-state index contributed by atoms with van der Waals surface area (Å²) in [6.45, 7) is 4.32. The first kappa shape index (κ1) is 24.6. The van der Waals surface area contributed by atoms with E-state index in [0.29, 0.717) is 42.4 Å². The summed E-state index contributed by atoms with van der Waals surface area (Å²) in [4.78, 5) is 16.7. The molecule has 192 valence electrons. The molecule has 0 amide bonds. The average molecular weight is 496 g/mol. The SMILES string of the molecule is C[C@@H]1C[C@@H]2[C@H]([C@@H](c3ccc(-c4cccnc4)cc3)C[C@@]3(C)[C@H]2CC[C@@]3(O)C#CCO)[C@H]2CCC(=O)C=C12. The third-order valence-corrected chi connectivity index (χ3v) is 10.5. The van der Waals surface area contributed by atoms with Crippen molar-refractivity contribution < 1.29 is 15.0 Å². The van der Waals surface area contributed by atoms with E-state index in [0.717, 1.165) is 36.8 Å². The van der Waals surface area contributed by atoms with Gasteiger partial charge in [-0.1, -0.05) is 61.6 Å². The standard InChI is InChI=1S/C33H37NO3/c1-21-17-28-30-12-14-33(37,13-4-16-35)32(30,2)19-29(31(28)26-11-10-25(36)18-27(21)26)23-8-6-22(7-9-23)24-5-3-15-34-20-24/h3,5-9,15,18,20-21,26,28-31,35,37H,10-12,14,16-17,19H2,1-2H3/t21-,26+,28+,29-,30+,31-,32+,33+/m1/s1. The topological polar surface area (TPSA) is 70.4 Å². The second-order valence-corrected chi connectivity index (χ2v) is 12.2. The number of aliphatic hydroxyl groups excluding tert-OH is 1. The van der Waals surface area contributed by atoms with Crippen LogP contribution in [0.2, 0.25) is 0 Å². The molecule has 4 heteroatoms. The minimum atomic E-state index is -1.08. The number of allylic oxidation sites excluding steroid dienone is 1. The number of carbonyl (C=O) groups is 1.